The number of aliphatic hydroxyl groups excluding tert-OH is 2. The maximum Gasteiger partial charge on any atom is 0.704 e. The Labute approximate surface area is 167 Å². The van der Waals surface area contributed by atoms with E-state index in [-0.39, 0.29) is 28.0 Å². The van der Waals surface area contributed by atoms with E-state index in [1.165, 1.54) is 17.2 Å². The Kier molecular flexibility index (Phi) is 6.93. The zero-order valence-electron chi connectivity index (χ0n) is 14.0. The van der Waals surface area contributed by atoms with Crippen LogP contribution in [0.4, 0.5) is 5.82 Å². The fourth-order valence-electron chi connectivity index (χ4n) is 2.50. The van der Waals surface area contributed by atoms with Crippen LogP contribution < -0.4 is 5.73 Å². The molecule has 7 atom stereocenters. The molecule has 3 unspecified atom stereocenters. The summed E-state index contributed by atoms with van der Waals surface area (Å²) in [6.07, 6.45) is -2.73. The molecule has 3 rings (SSSR count). The fraction of sp³-hybridized carbons (Fsp3) is 0.500. The van der Waals surface area contributed by atoms with Crippen LogP contribution in [0.5, 0.6) is 0 Å². The largest absolute Gasteiger partial charge is 0.704 e. The van der Waals surface area contributed by atoms with E-state index in [4.69, 9.17) is 19.9 Å². The van der Waals surface area contributed by atoms with Gasteiger partial charge < -0.3 is 25.6 Å². The minimum absolute atomic E-state index is 0.107. The molecule has 0 radical (unpaired) electrons. The average Bonchev–Trinajstić information content (AvgIpc) is 3.15. The Morgan fingerprint density at radius 2 is 2.03 bits per heavy atom. The lowest BCUT2D eigenvalue weighted by molar-refractivity contribution is -0.0463. The number of aromatic nitrogens is 4. The van der Waals surface area contributed by atoms with Crippen LogP contribution in [0.2, 0.25) is 0 Å². The van der Waals surface area contributed by atoms with Gasteiger partial charge in [0.1, 0.15) is 36.8 Å². The van der Waals surface area contributed by atoms with E-state index in [0.717, 1.165) is 0 Å². The Balaban J connectivity index is 1.65. The van der Waals surface area contributed by atoms with Gasteiger partial charge in [-0.3, -0.25) is 4.57 Å². The molecule has 15 nitrogen and oxygen atoms in total. The Hall–Kier alpha value is -1.15. The smallest absolute Gasteiger partial charge is 0.387 e. The molecule has 0 aromatic carbocycles. The highest BCUT2D eigenvalue weighted by Crippen LogP contribution is 2.70. The van der Waals surface area contributed by atoms with Gasteiger partial charge in [-0.2, -0.15) is 0 Å². The van der Waals surface area contributed by atoms with Gasteiger partial charge in [-0.1, -0.05) is 0 Å². The third kappa shape index (κ3) is 5.13. The summed E-state index contributed by atoms with van der Waals surface area (Å²) in [5.74, 6) is 0.107. The number of anilines is 1. The van der Waals surface area contributed by atoms with Crippen molar-refractivity contribution in [3.05, 3.63) is 12.7 Å². The fourth-order valence-corrected chi connectivity index (χ4v) is 8.16. The van der Waals surface area contributed by atoms with Crippen molar-refractivity contribution in [1.29, 1.82) is 0 Å². The summed E-state index contributed by atoms with van der Waals surface area (Å²) < 4.78 is 49.2. The van der Waals surface area contributed by atoms with Crippen molar-refractivity contribution in [2.75, 3.05) is 12.3 Å². The highest BCUT2D eigenvalue weighted by Gasteiger charge is 2.49. The number of fused-ring (bicyclic) bond motifs is 1. The lowest BCUT2D eigenvalue weighted by Crippen LogP contribution is -2.33. The van der Waals surface area contributed by atoms with Gasteiger partial charge >= 0.3 is 22.3 Å². The number of nitrogen functional groups attached to an aromatic ring is 1. The van der Waals surface area contributed by atoms with Crippen molar-refractivity contribution in [3.8, 4) is 0 Å². The lowest BCUT2D eigenvalue weighted by atomic mass is 10.1. The molecule has 0 bridgehead atoms. The molecular weight excluding hydrogens is 475 g/mol. The highest BCUT2D eigenvalue weighted by atomic mass is 33.1. The normalized spacial score (nSPS) is 27.7. The molecule has 0 saturated carbocycles. The number of hydrogen-bond acceptors (Lipinski definition) is 13. The van der Waals surface area contributed by atoms with Crippen LogP contribution >= 0.6 is 33.3 Å². The standard InChI is InChI=1S/C10H12N5O10P3S/c11-8-5-9(13-2-12-8)15(3-14-5)10-7(17)6(16)4(24-10)1-23-27(20)29-28(21,22)25-26(18)19/h2-4,6-7,10,16-17H,1H2,(H2-2,11,12,13,18,19,21,22)/p+2/t4-,6-,7-,10-/m1/s1. The Morgan fingerprint density at radius 1 is 1.31 bits per heavy atom. The van der Waals surface area contributed by atoms with Gasteiger partial charge in [0.2, 0.25) is 0 Å². The molecule has 2 aromatic rings. The molecule has 6 N–H and O–H groups in total. The second-order valence-electron chi connectivity index (χ2n) is 5.52. The molecule has 3 heterocycles. The van der Waals surface area contributed by atoms with Crippen molar-refractivity contribution in [1.82, 2.24) is 19.5 Å². The van der Waals surface area contributed by atoms with Gasteiger partial charge in [0.25, 0.3) is 11.0 Å². The third-order valence-electron chi connectivity index (χ3n) is 3.69. The van der Waals surface area contributed by atoms with Crippen molar-refractivity contribution < 1.29 is 47.3 Å². The molecule has 0 amide bonds. The van der Waals surface area contributed by atoms with Crippen LogP contribution in [-0.2, 0) is 27.3 Å². The summed E-state index contributed by atoms with van der Waals surface area (Å²) in [6, 6.07) is 0. The molecule has 19 heteroatoms. The maximum atomic E-state index is 11.8. The van der Waals surface area contributed by atoms with E-state index >= 15 is 0 Å². The van der Waals surface area contributed by atoms with Crippen molar-refractivity contribution in [3.63, 3.8) is 0 Å². The van der Waals surface area contributed by atoms with E-state index in [1.807, 2.05) is 0 Å². The summed E-state index contributed by atoms with van der Waals surface area (Å²) in [7, 11) is -6.27. The molecule has 2 aromatic heterocycles. The SMILES string of the molecule is Nc1ncnc2c1ncn2[C@@H]1O[C@H](CO[P+](=O)SP(=O)(O)O[P+](=O)O)[C@@H](O)[C@H]1O. The van der Waals surface area contributed by atoms with Gasteiger partial charge in [-0.25, -0.2) is 19.5 Å². The number of aliphatic hydroxyl groups is 2. The van der Waals surface area contributed by atoms with Gasteiger partial charge in [0.15, 0.2) is 17.7 Å². The molecule has 1 fully saturated rings. The first-order chi connectivity index (χ1) is 13.6. The first kappa shape index (κ1) is 22.5. The molecule has 1 aliphatic rings. The molecule has 158 valence electrons. The van der Waals surface area contributed by atoms with Crippen LogP contribution in [0.25, 0.3) is 11.2 Å². The molecular formula is C10H14N5O10P3S+2. The summed E-state index contributed by atoms with van der Waals surface area (Å²) in [5.41, 5.74) is 6.20. The second-order valence-corrected chi connectivity index (χ2v) is 12.7. The first-order valence-electron chi connectivity index (χ1n) is 7.52. The molecule has 1 aliphatic heterocycles. The van der Waals surface area contributed by atoms with E-state index < -0.39 is 53.4 Å². The number of nitrogens with zero attached hydrogens (tertiary/aromatic N) is 4. The van der Waals surface area contributed by atoms with Crippen LogP contribution in [-0.4, -0.2) is 64.4 Å². The molecule has 0 aliphatic carbocycles. The van der Waals surface area contributed by atoms with E-state index in [0.29, 0.717) is 0 Å². The summed E-state index contributed by atoms with van der Waals surface area (Å²) >= 11 is -0.196. The van der Waals surface area contributed by atoms with E-state index in [9.17, 15) is 28.8 Å². The van der Waals surface area contributed by atoms with Gasteiger partial charge in [-0.05, 0) is 8.88 Å². The molecule has 29 heavy (non-hydrogen) atoms. The van der Waals surface area contributed by atoms with Gasteiger partial charge in [0, 0.05) is 4.57 Å². The number of rotatable bonds is 8. The quantitative estimate of drug-likeness (QED) is 0.312. The minimum Gasteiger partial charge on any atom is -0.387 e. The summed E-state index contributed by atoms with van der Waals surface area (Å²) in [5, 5.41) is 20.5. The van der Waals surface area contributed by atoms with Crippen molar-refractivity contribution in [2.24, 2.45) is 0 Å². The monoisotopic (exact) mass is 489 g/mol. The highest BCUT2D eigenvalue weighted by molar-refractivity contribution is 8.82. The number of ether oxygens (including phenoxy) is 1. The predicted molar refractivity (Wildman–Crippen MR) is 97.5 cm³/mol. The number of nitrogens with two attached hydrogens (primary N) is 1. The van der Waals surface area contributed by atoms with Crippen LogP contribution in [0.3, 0.4) is 0 Å². The average molecular weight is 489 g/mol. The van der Waals surface area contributed by atoms with Crippen molar-refractivity contribution in [2.45, 2.75) is 24.5 Å². The Bertz CT molecular complexity index is 992. The number of hydrogen-bond donors (Lipinski definition) is 5. The maximum absolute atomic E-state index is 11.8. The van der Waals surface area contributed by atoms with Gasteiger partial charge in [0.05, 0.1) is 6.33 Å². The lowest BCUT2D eigenvalue weighted by Gasteiger charge is -2.16. The second kappa shape index (κ2) is 8.92. The minimum atomic E-state index is -4.69. The number of imidazole rings is 1. The van der Waals surface area contributed by atoms with Gasteiger partial charge in [-0.15, -0.1) is 9.42 Å². The third-order valence-corrected chi connectivity index (χ3v) is 10.8. The van der Waals surface area contributed by atoms with E-state index in [2.05, 4.69) is 19.3 Å². The van der Waals surface area contributed by atoms with Crippen LogP contribution in [0.15, 0.2) is 12.7 Å². The van der Waals surface area contributed by atoms with Crippen molar-refractivity contribution >= 4 is 50.3 Å². The molecule has 1 saturated heterocycles. The van der Waals surface area contributed by atoms with Crippen LogP contribution in [0.1, 0.15) is 6.23 Å². The summed E-state index contributed by atoms with van der Waals surface area (Å²) in [4.78, 5) is 29.6. The summed E-state index contributed by atoms with van der Waals surface area (Å²) in [6.45, 7) is -5.23. The zero-order chi connectivity index (χ0) is 21.3. The molecule has 0 spiro atoms. The Morgan fingerprint density at radius 3 is 2.72 bits per heavy atom. The van der Waals surface area contributed by atoms with Crippen LogP contribution in [0, 0.1) is 0 Å². The predicted octanol–water partition coefficient (Wildman–Crippen LogP) is 0.202. The zero-order valence-corrected chi connectivity index (χ0v) is 17.5. The first-order valence-corrected chi connectivity index (χ1v) is 13.4. The topological polar surface area (TPSA) is 229 Å². The van der Waals surface area contributed by atoms with E-state index in [1.54, 1.807) is 0 Å².